The van der Waals surface area contributed by atoms with Gasteiger partial charge in [-0.2, -0.15) is 21.0 Å². The predicted octanol–water partition coefficient (Wildman–Crippen LogP) is 11.7. The molecule has 0 spiro atoms. The Morgan fingerprint density at radius 3 is 1.22 bits per heavy atom. The van der Waals surface area contributed by atoms with Gasteiger partial charge in [-0.05, 0) is 111 Å². The van der Waals surface area contributed by atoms with Crippen LogP contribution in [0.2, 0.25) is 0 Å². The van der Waals surface area contributed by atoms with E-state index in [1.807, 2.05) is 12.1 Å². The number of halogens is 5. The summed E-state index contributed by atoms with van der Waals surface area (Å²) < 4.78 is 70.9. The molecule has 1 aliphatic carbocycles. The highest BCUT2D eigenvalue weighted by molar-refractivity contribution is 6.07. The van der Waals surface area contributed by atoms with Gasteiger partial charge in [0.2, 0.25) is 0 Å². The lowest BCUT2D eigenvalue weighted by atomic mass is 9.91. The van der Waals surface area contributed by atoms with E-state index in [9.17, 15) is 43.0 Å². The third-order valence-corrected chi connectivity index (χ3v) is 9.31. The van der Waals surface area contributed by atoms with Gasteiger partial charge in [-0.3, -0.25) is 0 Å². The van der Waals surface area contributed by atoms with Crippen LogP contribution in [0.3, 0.4) is 0 Å². The molecule has 0 saturated carbocycles. The van der Waals surface area contributed by atoms with Crippen LogP contribution in [0.5, 0.6) is 0 Å². The summed E-state index contributed by atoms with van der Waals surface area (Å²) in [6, 6.07) is 32.5. The van der Waals surface area contributed by atoms with Gasteiger partial charge in [-0.15, -0.1) is 0 Å². The van der Waals surface area contributed by atoms with Gasteiger partial charge in [0, 0.05) is 22.3 Å². The fraction of sp³-hybridized carbons (Fsp3) is 0.0222. The van der Waals surface area contributed by atoms with Crippen LogP contribution in [-0.4, -0.2) is 0 Å². The van der Waals surface area contributed by atoms with Crippen molar-refractivity contribution in [1.29, 1.82) is 21.0 Å². The molecule has 0 N–H and O–H groups in total. The maximum Gasteiger partial charge on any atom is 0.194 e. The van der Waals surface area contributed by atoms with Crippen LogP contribution >= 0.6 is 0 Å². The lowest BCUT2D eigenvalue weighted by molar-refractivity contribution is 0.448. The molecule has 0 amide bonds. The number of fused-ring (bicyclic) bond motifs is 3. The second-order valence-corrected chi connectivity index (χ2v) is 12.3. The molecule has 256 valence electrons. The summed E-state index contributed by atoms with van der Waals surface area (Å²) in [7, 11) is 0. The molecule has 54 heavy (non-hydrogen) atoms. The standard InChI is InChI=1S/C45H21F5N4/c1-2-3-33-40(46)14-28(15-41(33)47)24-4-8-26(9-5-24)34-18-36-37-19-35(27-10-6-25(7-11-27)29-16-42(48)45(50)43(49)17-29)31(21-52)13-39(37)44(32(22-53)23-54)38(36)12-30(34)20-51/h2-19H,1H3/b3-2+. The molecule has 0 fully saturated rings. The fourth-order valence-electron chi connectivity index (χ4n) is 6.76. The molecule has 0 atom stereocenters. The van der Waals surface area contributed by atoms with Crippen molar-refractivity contribution in [3.8, 4) is 79.9 Å². The second-order valence-electron chi connectivity index (χ2n) is 12.3. The molecule has 0 unspecified atom stereocenters. The highest BCUT2D eigenvalue weighted by atomic mass is 19.2. The van der Waals surface area contributed by atoms with E-state index in [-0.39, 0.29) is 33.4 Å². The van der Waals surface area contributed by atoms with E-state index in [2.05, 4.69) is 12.1 Å². The molecule has 0 bridgehead atoms. The molecule has 4 nitrogen and oxygen atoms in total. The summed E-state index contributed by atoms with van der Waals surface area (Å²) in [6.07, 6.45) is 2.90. The Labute approximate surface area is 306 Å². The molecule has 0 aromatic heterocycles. The molecule has 6 aromatic carbocycles. The van der Waals surface area contributed by atoms with E-state index in [1.54, 1.807) is 85.8 Å². The lowest BCUT2D eigenvalue weighted by Gasteiger charge is -2.12. The smallest absolute Gasteiger partial charge is 0.194 e. The van der Waals surface area contributed by atoms with Crippen molar-refractivity contribution in [3.63, 3.8) is 0 Å². The van der Waals surface area contributed by atoms with Crippen LogP contribution in [0.25, 0.3) is 67.3 Å². The zero-order valence-corrected chi connectivity index (χ0v) is 28.1. The van der Waals surface area contributed by atoms with Gasteiger partial charge in [0.25, 0.3) is 0 Å². The summed E-state index contributed by atoms with van der Waals surface area (Å²) in [5.74, 6) is -5.64. The number of hydrogen-bond donors (Lipinski definition) is 0. The van der Waals surface area contributed by atoms with Gasteiger partial charge in [0.1, 0.15) is 29.3 Å². The second kappa shape index (κ2) is 13.9. The zero-order chi connectivity index (χ0) is 38.3. The summed E-state index contributed by atoms with van der Waals surface area (Å²) in [4.78, 5) is 0. The topological polar surface area (TPSA) is 95.2 Å². The van der Waals surface area contributed by atoms with Crippen molar-refractivity contribution in [3.05, 3.63) is 166 Å². The number of rotatable bonds is 5. The van der Waals surface area contributed by atoms with Crippen LogP contribution in [-0.2, 0) is 0 Å². The van der Waals surface area contributed by atoms with Crippen molar-refractivity contribution in [1.82, 2.24) is 0 Å². The Hall–Kier alpha value is -7.59. The van der Waals surface area contributed by atoms with Crippen molar-refractivity contribution in [2.24, 2.45) is 0 Å². The molecule has 1 aliphatic rings. The van der Waals surface area contributed by atoms with Crippen LogP contribution in [0.4, 0.5) is 22.0 Å². The zero-order valence-electron chi connectivity index (χ0n) is 28.1. The minimum Gasteiger partial charge on any atom is -0.206 e. The number of hydrogen-bond acceptors (Lipinski definition) is 4. The Morgan fingerprint density at radius 1 is 0.463 bits per heavy atom. The van der Waals surface area contributed by atoms with E-state index < -0.39 is 29.1 Å². The maximum absolute atomic E-state index is 14.7. The van der Waals surface area contributed by atoms with Gasteiger partial charge < -0.3 is 0 Å². The largest absolute Gasteiger partial charge is 0.206 e. The Bertz CT molecular complexity index is 2740. The van der Waals surface area contributed by atoms with Crippen LogP contribution < -0.4 is 0 Å². The monoisotopic (exact) mass is 712 g/mol. The molecular formula is C45H21F5N4. The molecular weight excluding hydrogens is 692 g/mol. The molecule has 0 heterocycles. The van der Waals surface area contributed by atoms with E-state index in [0.29, 0.717) is 61.2 Å². The molecule has 0 radical (unpaired) electrons. The highest BCUT2D eigenvalue weighted by Crippen LogP contribution is 2.50. The van der Waals surface area contributed by atoms with Gasteiger partial charge in [0.15, 0.2) is 17.5 Å². The number of nitrogens with zero attached hydrogens (tertiary/aromatic N) is 4. The third-order valence-electron chi connectivity index (χ3n) is 9.31. The first-order valence-electron chi connectivity index (χ1n) is 16.3. The van der Waals surface area contributed by atoms with Gasteiger partial charge in [-0.25, -0.2) is 22.0 Å². The first-order valence-corrected chi connectivity index (χ1v) is 16.3. The molecule has 6 aromatic rings. The first kappa shape index (κ1) is 34.8. The first-order chi connectivity index (χ1) is 26.1. The predicted molar refractivity (Wildman–Crippen MR) is 195 cm³/mol. The minimum absolute atomic E-state index is 0.118. The van der Waals surface area contributed by atoms with E-state index in [1.165, 1.54) is 18.2 Å². The third kappa shape index (κ3) is 5.87. The number of allylic oxidation sites excluding steroid dienone is 2. The summed E-state index contributed by atoms with van der Waals surface area (Å²) in [5, 5.41) is 40.4. The maximum atomic E-state index is 14.7. The van der Waals surface area contributed by atoms with Crippen LogP contribution in [0, 0.1) is 74.4 Å². The normalized spacial score (nSPS) is 11.3. The van der Waals surface area contributed by atoms with Crippen molar-refractivity contribution in [2.45, 2.75) is 6.92 Å². The fourth-order valence-corrected chi connectivity index (χ4v) is 6.76. The van der Waals surface area contributed by atoms with Crippen LogP contribution in [0.1, 0.15) is 34.7 Å². The average molecular weight is 713 g/mol. The average Bonchev–Trinajstić information content (AvgIpc) is 3.49. The highest BCUT2D eigenvalue weighted by Gasteiger charge is 2.30. The van der Waals surface area contributed by atoms with Gasteiger partial charge >= 0.3 is 0 Å². The molecule has 0 aliphatic heterocycles. The Kier molecular flexibility index (Phi) is 8.94. The number of nitriles is 4. The summed E-state index contributed by atoms with van der Waals surface area (Å²) >= 11 is 0. The SMILES string of the molecule is C/C=C/c1c(F)cc(-c2ccc(-c3cc4c(cc3C#N)C(=C(C#N)C#N)c3cc(C#N)c(-c5ccc(-c6cc(F)c(F)c(F)c6)cc5)cc3-4)cc2)cc1F. The van der Waals surface area contributed by atoms with Gasteiger partial charge in [-0.1, -0.05) is 60.7 Å². The Balaban J connectivity index is 1.36. The minimum atomic E-state index is -1.57. The van der Waals surface area contributed by atoms with Crippen molar-refractivity contribution >= 4 is 11.6 Å². The Morgan fingerprint density at radius 2 is 0.852 bits per heavy atom. The quantitative estimate of drug-likeness (QED) is 0.101. The van der Waals surface area contributed by atoms with Crippen LogP contribution in [0.15, 0.2) is 109 Å². The van der Waals surface area contributed by atoms with Crippen molar-refractivity contribution in [2.75, 3.05) is 0 Å². The molecule has 9 heteroatoms. The molecule has 0 saturated heterocycles. The van der Waals surface area contributed by atoms with Crippen molar-refractivity contribution < 1.29 is 22.0 Å². The van der Waals surface area contributed by atoms with E-state index in [0.717, 1.165) is 12.1 Å². The molecule has 7 rings (SSSR count). The van der Waals surface area contributed by atoms with Gasteiger partial charge in [0.05, 0.1) is 23.3 Å². The van der Waals surface area contributed by atoms with E-state index >= 15 is 0 Å². The summed E-state index contributed by atoms with van der Waals surface area (Å²) in [6.45, 7) is 1.66. The van der Waals surface area contributed by atoms with E-state index in [4.69, 9.17) is 0 Å². The lowest BCUT2D eigenvalue weighted by Crippen LogP contribution is -1.93. The number of benzene rings is 6. The summed E-state index contributed by atoms with van der Waals surface area (Å²) in [5.41, 5.74) is 6.00.